The third-order valence-corrected chi connectivity index (χ3v) is 4.08. The molecule has 1 nitrogen and oxygen atoms in total. The highest BCUT2D eigenvalue weighted by Crippen LogP contribution is 2.46. The molecule has 0 fully saturated rings. The van der Waals surface area contributed by atoms with Gasteiger partial charge in [-0.05, 0) is 29.6 Å². The van der Waals surface area contributed by atoms with Crippen LogP contribution < -0.4 is 0 Å². The molecule has 3 unspecified atom stereocenters. The average molecular weight is 280 g/mol. The number of hydrogen-bond acceptors (Lipinski definition) is 1. The molecule has 4 heteroatoms. The van der Waals surface area contributed by atoms with Crippen molar-refractivity contribution in [2.24, 2.45) is 11.8 Å². The maximum Gasteiger partial charge on any atom is 0.414 e. The highest BCUT2D eigenvalue weighted by atomic mass is 19.4. The predicted molar refractivity (Wildman–Crippen MR) is 70.8 cm³/mol. The van der Waals surface area contributed by atoms with E-state index >= 15 is 0 Å². The molecule has 3 atom stereocenters. The van der Waals surface area contributed by atoms with Gasteiger partial charge >= 0.3 is 6.18 Å². The minimum absolute atomic E-state index is 0.405. The van der Waals surface area contributed by atoms with Gasteiger partial charge < -0.3 is 5.11 Å². The van der Waals surface area contributed by atoms with Crippen LogP contribution in [-0.2, 0) is 0 Å². The minimum atomic E-state index is -4.61. The van der Waals surface area contributed by atoms with Crippen LogP contribution in [0.5, 0.6) is 0 Å². The zero-order valence-electron chi connectivity index (χ0n) is 10.8. The van der Waals surface area contributed by atoms with E-state index in [0.717, 1.165) is 24.0 Å². The third-order valence-electron chi connectivity index (χ3n) is 4.08. The Bertz CT molecular complexity index is 561. The van der Waals surface area contributed by atoms with Gasteiger partial charge in [0.15, 0.2) is 6.10 Å². The molecule has 0 saturated heterocycles. The lowest BCUT2D eigenvalue weighted by Crippen LogP contribution is -2.42. The summed E-state index contributed by atoms with van der Waals surface area (Å²) >= 11 is 0. The fourth-order valence-corrected chi connectivity index (χ4v) is 3.17. The molecule has 106 valence electrons. The van der Waals surface area contributed by atoms with E-state index in [1.807, 2.05) is 30.4 Å². The second kappa shape index (κ2) is 4.77. The molecule has 0 aromatic rings. The summed E-state index contributed by atoms with van der Waals surface area (Å²) in [5.41, 5.74) is 2.30. The maximum absolute atomic E-state index is 13.0. The number of rotatable bonds is 1. The summed E-state index contributed by atoms with van der Waals surface area (Å²) in [5.74, 6) is -1.35. The Balaban J connectivity index is 2.08. The fourth-order valence-electron chi connectivity index (χ4n) is 3.17. The molecular formula is C16H15F3O. The van der Waals surface area contributed by atoms with Gasteiger partial charge in [0, 0.05) is 11.8 Å². The normalized spacial score (nSPS) is 29.9. The quantitative estimate of drug-likeness (QED) is 0.773. The smallest absolute Gasteiger partial charge is 0.383 e. The van der Waals surface area contributed by atoms with Crippen molar-refractivity contribution in [3.8, 4) is 0 Å². The Labute approximate surface area is 115 Å². The molecule has 0 amide bonds. The standard InChI is InChI=1S/C16H15F3O/c17-16(18,19)15(20)14-12-7-3-1-5-10(12)9-11-6-2-4-8-13(11)14/h1,3,5-9,12,14-15,20H,2,4H2. The number of fused-ring (bicyclic) bond motifs is 2. The largest absolute Gasteiger partial charge is 0.414 e. The number of hydrogen-bond donors (Lipinski definition) is 1. The lowest BCUT2D eigenvalue weighted by molar-refractivity contribution is -0.217. The lowest BCUT2D eigenvalue weighted by atomic mass is 9.68. The summed E-state index contributed by atoms with van der Waals surface area (Å²) < 4.78 is 39.0. The van der Waals surface area contributed by atoms with Crippen molar-refractivity contribution in [2.45, 2.75) is 25.1 Å². The minimum Gasteiger partial charge on any atom is -0.383 e. The summed E-state index contributed by atoms with van der Waals surface area (Å²) in [6, 6.07) is 0. The molecule has 3 aliphatic carbocycles. The van der Waals surface area contributed by atoms with Gasteiger partial charge in [0.1, 0.15) is 0 Å². The number of aliphatic hydroxyl groups excluding tert-OH is 1. The van der Waals surface area contributed by atoms with Gasteiger partial charge in [0.25, 0.3) is 0 Å². The molecule has 0 bridgehead atoms. The van der Waals surface area contributed by atoms with E-state index in [0.29, 0.717) is 5.57 Å². The van der Waals surface area contributed by atoms with Crippen LogP contribution in [0.15, 0.2) is 59.3 Å². The molecule has 0 aromatic heterocycles. The van der Waals surface area contributed by atoms with Gasteiger partial charge in [-0.3, -0.25) is 0 Å². The van der Waals surface area contributed by atoms with Gasteiger partial charge in [0.05, 0.1) is 0 Å². The first-order valence-electron chi connectivity index (χ1n) is 6.70. The number of aliphatic hydroxyl groups is 1. The van der Waals surface area contributed by atoms with Crippen molar-refractivity contribution in [1.82, 2.24) is 0 Å². The molecule has 0 aliphatic heterocycles. The number of allylic oxidation sites excluding steroid dienone is 9. The Morgan fingerprint density at radius 1 is 1.15 bits per heavy atom. The highest BCUT2D eigenvalue weighted by molar-refractivity contribution is 5.55. The van der Waals surface area contributed by atoms with Gasteiger partial charge in [0.2, 0.25) is 0 Å². The van der Waals surface area contributed by atoms with Crippen LogP contribution in [0.1, 0.15) is 12.8 Å². The Morgan fingerprint density at radius 3 is 2.65 bits per heavy atom. The molecule has 1 N–H and O–H groups in total. The molecule has 0 spiro atoms. The van der Waals surface area contributed by atoms with E-state index < -0.39 is 24.1 Å². The Morgan fingerprint density at radius 2 is 1.90 bits per heavy atom. The zero-order chi connectivity index (χ0) is 14.3. The predicted octanol–water partition coefficient (Wildman–Crippen LogP) is 3.85. The summed E-state index contributed by atoms with van der Waals surface area (Å²) in [7, 11) is 0. The molecule has 3 rings (SSSR count). The lowest BCUT2D eigenvalue weighted by Gasteiger charge is -2.38. The number of alkyl halides is 3. The van der Waals surface area contributed by atoms with Gasteiger partial charge in [-0.1, -0.05) is 42.5 Å². The monoisotopic (exact) mass is 280 g/mol. The van der Waals surface area contributed by atoms with Crippen LogP contribution in [-0.4, -0.2) is 17.4 Å². The van der Waals surface area contributed by atoms with Crippen molar-refractivity contribution < 1.29 is 18.3 Å². The molecule has 0 radical (unpaired) electrons. The van der Waals surface area contributed by atoms with Crippen molar-refractivity contribution >= 4 is 0 Å². The highest BCUT2D eigenvalue weighted by Gasteiger charge is 2.49. The van der Waals surface area contributed by atoms with E-state index in [1.54, 1.807) is 12.2 Å². The number of halogens is 3. The first kappa shape index (κ1) is 13.4. The zero-order valence-corrected chi connectivity index (χ0v) is 10.8. The first-order chi connectivity index (χ1) is 9.48. The van der Waals surface area contributed by atoms with Crippen LogP contribution in [0, 0.1) is 11.8 Å². The topological polar surface area (TPSA) is 20.2 Å². The molecule has 0 saturated carbocycles. The molecule has 3 aliphatic rings. The third kappa shape index (κ3) is 2.18. The summed E-state index contributed by atoms with van der Waals surface area (Å²) in [6.07, 6.45) is 7.51. The van der Waals surface area contributed by atoms with Crippen LogP contribution in [0.3, 0.4) is 0 Å². The fraction of sp³-hybridized carbons (Fsp3) is 0.375. The van der Waals surface area contributed by atoms with Gasteiger partial charge in [-0.15, -0.1) is 0 Å². The van der Waals surface area contributed by atoms with Crippen LogP contribution >= 0.6 is 0 Å². The van der Waals surface area contributed by atoms with Crippen LogP contribution in [0.2, 0.25) is 0 Å². The SMILES string of the molecule is OC(C1C2=CCCC=C2C=C2C=CC=CC21)C(F)(F)F. The van der Waals surface area contributed by atoms with Crippen molar-refractivity contribution in [3.05, 3.63) is 59.3 Å². The summed E-state index contributed by atoms with van der Waals surface area (Å²) in [5, 5.41) is 9.81. The van der Waals surface area contributed by atoms with Crippen LogP contribution in [0.4, 0.5) is 13.2 Å². The van der Waals surface area contributed by atoms with E-state index in [-0.39, 0.29) is 0 Å². The summed E-state index contributed by atoms with van der Waals surface area (Å²) in [4.78, 5) is 0. The van der Waals surface area contributed by atoms with E-state index in [9.17, 15) is 18.3 Å². The Kier molecular flexibility index (Phi) is 3.21. The van der Waals surface area contributed by atoms with Crippen molar-refractivity contribution in [1.29, 1.82) is 0 Å². The van der Waals surface area contributed by atoms with Crippen molar-refractivity contribution in [2.75, 3.05) is 0 Å². The second-order valence-electron chi connectivity index (χ2n) is 5.32. The van der Waals surface area contributed by atoms with Gasteiger partial charge in [-0.25, -0.2) is 0 Å². The molecular weight excluding hydrogens is 265 g/mol. The van der Waals surface area contributed by atoms with E-state index in [1.165, 1.54) is 0 Å². The second-order valence-corrected chi connectivity index (χ2v) is 5.32. The summed E-state index contributed by atoms with van der Waals surface area (Å²) in [6.45, 7) is 0. The van der Waals surface area contributed by atoms with Crippen molar-refractivity contribution in [3.63, 3.8) is 0 Å². The first-order valence-corrected chi connectivity index (χ1v) is 6.70. The van der Waals surface area contributed by atoms with Crippen LogP contribution in [0.25, 0.3) is 0 Å². The average Bonchev–Trinajstić information content (AvgIpc) is 2.43. The molecule has 0 aromatic carbocycles. The van der Waals surface area contributed by atoms with Gasteiger partial charge in [-0.2, -0.15) is 13.2 Å². The van der Waals surface area contributed by atoms with E-state index in [2.05, 4.69) is 0 Å². The van der Waals surface area contributed by atoms with E-state index in [4.69, 9.17) is 0 Å². The Hall–Kier alpha value is -1.55. The maximum atomic E-state index is 13.0. The molecule has 0 heterocycles. The molecule has 20 heavy (non-hydrogen) atoms.